The molecule has 0 bridgehead atoms. The molecule has 1 aromatic rings. The second-order valence-corrected chi connectivity index (χ2v) is 8.35. The molecule has 3 rings (SSSR count). The second kappa shape index (κ2) is 13.0. The normalized spacial score (nSPS) is 21.8. The Kier molecular flexibility index (Phi) is 9.99. The molecular formula is C23H40N4O3. The molecule has 2 unspecified atom stereocenters. The molecule has 3 heterocycles. The molecular weight excluding hydrogens is 380 g/mol. The maximum absolute atomic E-state index is 5.58. The average Bonchev–Trinajstić information content (AvgIpc) is 3.49. The Hall–Kier alpha value is -1.57. The number of guanidine groups is 1. The van der Waals surface area contributed by atoms with E-state index in [-0.39, 0.29) is 0 Å². The van der Waals surface area contributed by atoms with Crippen molar-refractivity contribution in [2.45, 2.75) is 45.6 Å². The van der Waals surface area contributed by atoms with Gasteiger partial charge in [0.1, 0.15) is 5.76 Å². The van der Waals surface area contributed by atoms with Gasteiger partial charge in [0.2, 0.25) is 0 Å². The zero-order valence-electron chi connectivity index (χ0n) is 18.8. The predicted octanol–water partition coefficient (Wildman–Crippen LogP) is 2.53. The SMILES string of the molecule is CCC(CC)C(CN=C(NCCc1ccco1)NCC1CCOC1)N1CCOCC1. The van der Waals surface area contributed by atoms with Crippen molar-refractivity contribution in [2.75, 3.05) is 59.2 Å². The highest BCUT2D eigenvalue weighted by Gasteiger charge is 2.27. The predicted molar refractivity (Wildman–Crippen MR) is 120 cm³/mol. The third-order valence-corrected chi connectivity index (χ3v) is 6.37. The van der Waals surface area contributed by atoms with Gasteiger partial charge in [0.15, 0.2) is 5.96 Å². The first-order valence-corrected chi connectivity index (χ1v) is 11.7. The minimum absolute atomic E-state index is 0.461. The lowest BCUT2D eigenvalue weighted by molar-refractivity contribution is 0.00395. The number of nitrogens with zero attached hydrogens (tertiary/aromatic N) is 2. The summed E-state index contributed by atoms with van der Waals surface area (Å²) in [7, 11) is 0. The molecule has 7 nitrogen and oxygen atoms in total. The van der Waals surface area contributed by atoms with Gasteiger partial charge >= 0.3 is 0 Å². The standard InChI is InChI=1S/C23H40N4O3/c1-3-20(4-2)22(27-10-14-28-15-11-27)17-26-23(25-16-19-8-13-29-18-19)24-9-7-21-6-5-12-30-21/h5-6,12,19-20,22H,3-4,7-11,13-18H2,1-2H3,(H2,24,25,26). The summed E-state index contributed by atoms with van der Waals surface area (Å²) in [5, 5.41) is 7.07. The van der Waals surface area contributed by atoms with Gasteiger partial charge in [-0.05, 0) is 24.5 Å². The van der Waals surface area contributed by atoms with E-state index in [4.69, 9.17) is 18.9 Å². The highest BCUT2D eigenvalue weighted by atomic mass is 16.5. The molecule has 170 valence electrons. The van der Waals surface area contributed by atoms with Crippen molar-refractivity contribution in [3.63, 3.8) is 0 Å². The number of rotatable bonds is 11. The van der Waals surface area contributed by atoms with E-state index in [0.29, 0.717) is 17.9 Å². The lowest BCUT2D eigenvalue weighted by Crippen LogP contribution is -2.49. The summed E-state index contributed by atoms with van der Waals surface area (Å²) in [6.07, 6.45) is 6.06. The van der Waals surface area contributed by atoms with Gasteiger partial charge in [-0.2, -0.15) is 0 Å². The molecule has 2 atom stereocenters. The van der Waals surface area contributed by atoms with Gasteiger partial charge in [-0.15, -0.1) is 0 Å². The van der Waals surface area contributed by atoms with E-state index < -0.39 is 0 Å². The number of morpholine rings is 1. The summed E-state index contributed by atoms with van der Waals surface area (Å²) in [5.41, 5.74) is 0. The first kappa shape index (κ1) is 23.1. The Morgan fingerprint density at radius 3 is 2.67 bits per heavy atom. The number of aliphatic imine (C=N–C) groups is 1. The molecule has 0 radical (unpaired) electrons. The molecule has 2 aliphatic rings. The maximum atomic E-state index is 5.58. The summed E-state index contributed by atoms with van der Waals surface area (Å²) in [6, 6.07) is 4.41. The fourth-order valence-electron chi connectivity index (χ4n) is 4.41. The Bertz CT molecular complexity index is 592. The van der Waals surface area contributed by atoms with Gasteiger partial charge in [0, 0.05) is 51.2 Å². The van der Waals surface area contributed by atoms with Gasteiger partial charge in [-0.3, -0.25) is 9.89 Å². The first-order chi connectivity index (χ1) is 14.8. The molecule has 2 fully saturated rings. The largest absolute Gasteiger partial charge is 0.469 e. The van der Waals surface area contributed by atoms with Crippen LogP contribution in [-0.2, 0) is 15.9 Å². The highest BCUT2D eigenvalue weighted by molar-refractivity contribution is 5.79. The summed E-state index contributed by atoms with van der Waals surface area (Å²) < 4.78 is 16.6. The van der Waals surface area contributed by atoms with Crippen LogP contribution < -0.4 is 10.6 Å². The van der Waals surface area contributed by atoms with Crippen molar-refractivity contribution in [1.82, 2.24) is 15.5 Å². The van der Waals surface area contributed by atoms with Gasteiger partial charge in [-0.1, -0.05) is 26.7 Å². The Morgan fingerprint density at radius 1 is 1.17 bits per heavy atom. The van der Waals surface area contributed by atoms with Crippen molar-refractivity contribution in [1.29, 1.82) is 0 Å². The minimum atomic E-state index is 0.461. The zero-order chi connectivity index (χ0) is 21.0. The molecule has 0 aliphatic carbocycles. The summed E-state index contributed by atoms with van der Waals surface area (Å²) >= 11 is 0. The maximum Gasteiger partial charge on any atom is 0.191 e. The van der Waals surface area contributed by atoms with Crippen LogP contribution in [0.1, 0.15) is 38.9 Å². The summed E-state index contributed by atoms with van der Waals surface area (Å²) in [5.74, 6) is 3.11. The van der Waals surface area contributed by atoms with Crippen molar-refractivity contribution >= 4 is 5.96 Å². The quantitative estimate of drug-likeness (QED) is 0.423. The molecule has 1 aromatic heterocycles. The number of hydrogen-bond donors (Lipinski definition) is 2. The molecule has 0 aromatic carbocycles. The molecule has 0 spiro atoms. The molecule has 7 heteroatoms. The Labute approximate surface area is 181 Å². The third-order valence-electron chi connectivity index (χ3n) is 6.37. The molecule has 2 aliphatic heterocycles. The molecule has 2 N–H and O–H groups in total. The number of furan rings is 1. The Balaban J connectivity index is 1.60. The van der Waals surface area contributed by atoms with E-state index in [1.165, 1.54) is 12.8 Å². The van der Waals surface area contributed by atoms with Crippen LogP contribution in [-0.4, -0.2) is 76.1 Å². The van der Waals surface area contributed by atoms with Crippen LogP contribution in [0.4, 0.5) is 0 Å². The van der Waals surface area contributed by atoms with E-state index in [1.807, 2.05) is 12.1 Å². The van der Waals surface area contributed by atoms with Crippen LogP contribution in [0, 0.1) is 11.8 Å². The fourth-order valence-corrected chi connectivity index (χ4v) is 4.41. The first-order valence-electron chi connectivity index (χ1n) is 11.7. The summed E-state index contributed by atoms with van der Waals surface area (Å²) in [6.45, 7) is 12.5. The van der Waals surface area contributed by atoms with Crippen LogP contribution >= 0.6 is 0 Å². The van der Waals surface area contributed by atoms with Crippen LogP contribution in [0.2, 0.25) is 0 Å². The van der Waals surface area contributed by atoms with Crippen molar-refractivity contribution in [3.8, 4) is 0 Å². The van der Waals surface area contributed by atoms with E-state index in [9.17, 15) is 0 Å². The highest BCUT2D eigenvalue weighted by Crippen LogP contribution is 2.20. The smallest absolute Gasteiger partial charge is 0.191 e. The second-order valence-electron chi connectivity index (χ2n) is 8.35. The number of hydrogen-bond acceptors (Lipinski definition) is 5. The van der Waals surface area contributed by atoms with Crippen LogP contribution in [0.5, 0.6) is 0 Å². The van der Waals surface area contributed by atoms with Crippen molar-refractivity contribution in [3.05, 3.63) is 24.2 Å². The van der Waals surface area contributed by atoms with Crippen LogP contribution in [0.15, 0.2) is 27.8 Å². The molecule has 2 saturated heterocycles. The van der Waals surface area contributed by atoms with Gasteiger partial charge < -0.3 is 24.5 Å². The minimum Gasteiger partial charge on any atom is -0.469 e. The topological polar surface area (TPSA) is 71.3 Å². The average molecular weight is 421 g/mol. The molecule has 0 amide bonds. The lowest BCUT2D eigenvalue weighted by atomic mass is 9.92. The van der Waals surface area contributed by atoms with Crippen LogP contribution in [0.25, 0.3) is 0 Å². The molecule has 0 saturated carbocycles. The third kappa shape index (κ3) is 7.29. The van der Waals surface area contributed by atoms with Crippen molar-refractivity contribution in [2.24, 2.45) is 16.8 Å². The van der Waals surface area contributed by atoms with Gasteiger partial charge in [0.25, 0.3) is 0 Å². The monoisotopic (exact) mass is 420 g/mol. The zero-order valence-corrected chi connectivity index (χ0v) is 18.8. The fraction of sp³-hybridized carbons (Fsp3) is 0.783. The van der Waals surface area contributed by atoms with E-state index in [0.717, 1.165) is 83.7 Å². The summed E-state index contributed by atoms with van der Waals surface area (Å²) in [4.78, 5) is 7.62. The van der Waals surface area contributed by atoms with Crippen molar-refractivity contribution < 1.29 is 13.9 Å². The van der Waals surface area contributed by atoms with E-state index in [2.05, 4.69) is 29.4 Å². The molecule has 30 heavy (non-hydrogen) atoms. The van der Waals surface area contributed by atoms with Gasteiger partial charge in [-0.25, -0.2) is 0 Å². The van der Waals surface area contributed by atoms with Crippen LogP contribution in [0.3, 0.4) is 0 Å². The van der Waals surface area contributed by atoms with Gasteiger partial charge in [0.05, 0.1) is 32.6 Å². The van der Waals surface area contributed by atoms with E-state index >= 15 is 0 Å². The number of nitrogens with one attached hydrogen (secondary N) is 2. The lowest BCUT2D eigenvalue weighted by Gasteiger charge is -2.38. The Morgan fingerprint density at radius 2 is 2.00 bits per heavy atom. The van der Waals surface area contributed by atoms with E-state index in [1.54, 1.807) is 6.26 Å². The number of ether oxygens (including phenoxy) is 2.